The lowest BCUT2D eigenvalue weighted by molar-refractivity contribution is 0.481. The van der Waals surface area contributed by atoms with Gasteiger partial charge in [0.2, 0.25) is 0 Å². The highest BCUT2D eigenvalue weighted by atomic mass is 16.5. The van der Waals surface area contributed by atoms with Crippen molar-refractivity contribution in [3.8, 4) is 22.6 Å². The van der Waals surface area contributed by atoms with Crippen molar-refractivity contribution in [2.24, 2.45) is 0 Å². The molecule has 2 N–H and O–H groups in total. The van der Waals surface area contributed by atoms with Gasteiger partial charge >= 0.3 is 0 Å². The summed E-state index contributed by atoms with van der Waals surface area (Å²) < 4.78 is 8.18. The molecule has 0 radical (unpaired) electrons. The number of para-hydroxylation sites is 1. The molecule has 1 atom stereocenters. The molecule has 2 aromatic heterocycles. The first-order valence-electron chi connectivity index (χ1n) is 9.93. The van der Waals surface area contributed by atoms with Crippen molar-refractivity contribution in [1.82, 2.24) is 19.9 Å². The molecule has 0 spiro atoms. The molecule has 6 heteroatoms. The number of benzene rings is 2. The van der Waals surface area contributed by atoms with Gasteiger partial charge in [-0.05, 0) is 49.2 Å². The van der Waals surface area contributed by atoms with Crippen molar-refractivity contribution >= 4 is 16.9 Å². The number of aromatic nitrogens is 3. The first-order valence-corrected chi connectivity index (χ1v) is 9.93. The van der Waals surface area contributed by atoms with Crippen molar-refractivity contribution in [2.45, 2.75) is 19.0 Å². The van der Waals surface area contributed by atoms with Crippen LogP contribution in [0.2, 0.25) is 0 Å². The highest BCUT2D eigenvalue weighted by molar-refractivity contribution is 6.01. The molecule has 1 saturated heterocycles. The fourth-order valence-electron chi connectivity index (χ4n) is 3.96. The molecule has 1 aliphatic rings. The minimum atomic E-state index is 0.270. The van der Waals surface area contributed by atoms with Crippen LogP contribution in [0, 0.1) is 0 Å². The normalized spacial score (nSPS) is 16.2. The van der Waals surface area contributed by atoms with Crippen LogP contribution in [0.4, 0.5) is 5.82 Å². The molecule has 0 unspecified atom stereocenters. The number of ether oxygens (including phenoxy) is 1. The number of rotatable bonds is 5. The standard InChI is InChI=1S/C23H23N5O/c1-24-22-21-19(14-28(20-8-5-13-25-20)23(21)27-15-26-22)16-9-11-18(12-10-16)29-17-6-3-2-4-7-17/h2-4,6-7,9-12,14-15,20,25H,5,8,13H2,1H3,(H,24,26,27)/t20-/m0/s1. The maximum absolute atomic E-state index is 5.94. The van der Waals surface area contributed by atoms with E-state index in [-0.39, 0.29) is 6.17 Å². The Kier molecular flexibility index (Phi) is 4.62. The van der Waals surface area contributed by atoms with Gasteiger partial charge in [-0.2, -0.15) is 0 Å². The predicted molar refractivity (Wildman–Crippen MR) is 115 cm³/mol. The molecule has 0 amide bonds. The summed E-state index contributed by atoms with van der Waals surface area (Å²) in [5.41, 5.74) is 3.17. The van der Waals surface area contributed by atoms with E-state index in [1.54, 1.807) is 6.33 Å². The smallest absolute Gasteiger partial charge is 0.147 e. The average Bonchev–Trinajstić information content (AvgIpc) is 3.43. The van der Waals surface area contributed by atoms with Crippen LogP contribution in [-0.2, 0) is 0 Å². The van der Waals surface area contributed by atoms with Crippen molar-refractivity contribution in [3.05, 3.63) is 67.1 Å². The van der Waals surface area contributed by atoms with Gasteiger partial charge in [0.25, 0.3) is 0 Å². The zero-order valence-electron chi connectivity index (χ0n) is 16.3. The summed E-state index contributed by atoms with van der Waals surface area (Å²) >= 11 is 0. The van der Waals surface area contributed by atoms with E-state index in [2.05, 4.69) is 43.5 Å². The van der Waals surface area contributed by atoms with E-state index in [0.29, 0.717) is 0 Å². The minimum Gasteiger partial charge on any atom is -0.457 e. The van der Waals surface area contributed by atoms with Crippen LogP contribution in [-0.4, -0.2) is 28.1 Å². The lowest BCUT2D eigenvalue weighted by Gasteiger charge is -2.13. The maximum Gasteiger partial charge on any atom is 0.147 e. The zero-order chi connectivity index (χ0) is 19.6. The van der Waals surface area contributed by atoms with Crippen LogP contribution in [0.1, 0.15) is 19.0 Å². The number of fused-ring (bicyclic) bond motifs is 1. The molecule has 2 aromatic carbocycles. The van der Waals surface area contributed by atoms with Gasteiger partial charge in [-0.15, -0.1) is 0 Å². The van der Waals surface area contributed by atoms with Crippen molar-refractivity contribution in [1.29, 1.82) is 0 Å². The van der Waals surface area contributed by atoms with Gasteiger partial charge in [-0.1, -0.05) is 30.3 Å². The summed E-state index contributed by atoms with van der Waals surface area (Å²) in [5.74, 6) is 2.48. The van der Waals surface area contributed by atoms with E-state index in [1.807, 2.05) is 49.5 Å². The molecule has 1 aliphatic heterocycles. The summed E-state index contributed by atoms with van der Waals surface area (Å²) in [5, 5.41) is 7.83. The molecule has 3 heterocycles. The molecule has 146 valence electrons. The second-order valence-electron chi connectivity index (χ2n) is 7.17. The topological polar surface area (TPSA) is 64.0 Å². The number of nitrogens with zero attached hydrogens (tertiary/aromatic N) is 3. The second-order valence-corrected chi connectivity index (χ2v) is 7.17. The Morgan fingerprint density at radius 2 is 1.83 bits per heavy atom. The average molecular weight is 385 g/mol. The molecular weight excluding hydrogens is 362 g/mol. The molecule has 0 aliphatic carbocycles. The Morgan fingerprint density at radius 3 is 2.55 bits per heavy atom. The van der Waals surface area contributed by atoms with Crippen LogP contribution in [0.5, 0.6) is 11.5 Å². The summed E-state index contributed by atoms with van der Waals surface area (Å²) in [6, 6.07) is 18.0. The van der Waals surface area contributed by atoms with E-state index < -0.39 is 0 Å². The summed E-state index contributed by atoms with van der Waals surface area (Å²) in [7, 11) is 1.90. The highest BCUT2D eigenvalue weighted by Gasteiger charge is 2.22. The summed E-state index contributed by atoms with van der Waals surface area (Å²) in [4.78, 5) is 9.05. The molecular formula is C23H23N5O. The van der Waals surface area contributed by atoms with E-state index in [4.69, 9.17) is 4.74 Å². The van der Waals surface area contributed by atoms with Crippen molar-refractivity contribution in [3.63, 3.8) is 0 Å². The Balaban J connectivity index is 1.55. The fourth-order valence-corrected chi connectivity index (χ4v) is 3.96. The van der Waals surface area contributed by atoms with Crippen LogP contribution in [0.3, 0.4) is 0 Å². The third kappa shape index (κ3) is 3.32. The number of anilines is 1. The largest absolute Gasteiger partial charge is 0.457 e. The number of hydrogen-bond acceptors (Lipinski definition) is 5. The van der Waals surface area contributed by atoms with E-state index >= 15 is 0 Å². The Morgan fingerprint density at radius 1 is 1.03 bits per heavy atom. The van der Waals surface area contributed by atoms with Crippen LogP contribution < -0.4 is 15.4 Å². The predicted octanol–water partition coefficient (Wildman–Crippen LogP) is 4.81. The molecule has 0 bridgehead atoms. The van der Waals surface area contributed by atoms with Gasteiger partial charge in [-0.25, -0.2) is 9.97 Å². The lowest BCUT2D eigenvalue weighted by atomic mass is 10.1. The van der Waals surface area contributed by atoms with Crippen molar-refractivity contribution < 1.29 is 4.74 Å². The first-order chi connectivity index (χ1) is 14.3. The quantitative estimate of drug-likeness (QED) is 0.516. The van der Waals surface area contributed by atoms with E-state index in [9.17, 15) is 0 Å². The highest BCUT2D eigenvalue weighted by Crippen LogP contribution is 2.37. The van der Waals surface area contributed by atoms with Gasteiger partial charge < -0.3 is 14.6 Å². The molecule has 6 nitrogen and oxygen atoms in total. The molecule has 0 saturated carbocycles. The van der Waals surface area contributed by atoms with Gasteiger partial charge in [0.05, 0.1) is 11.6 Å². The number of hydrogen-bond donors (Lipinski definition) is 2. The Labute approximate surface area is 169 Å². The van der Waals surface area contributed by atoms with Crippen LogP contribution in [0.25, 0.3) is 22.2 Å². The van der Waals surface area contributed by atoms with Crippen LogP contribution >= 0.6 is 0 Å². The minimum absolute atomic E-state index is 0.270. The van der Waals surface area contributed by atoms with Crippen LogP contribution in [0.15, 0.2) is 67.1 Å². The third-order valence-electron chi connectivity index (χ3n) is 5.36. The zero-order valence-corrected chi connectivity index (χ0v) is 16.3. The SMILES string of the molecule is CNc1ncnc2c1c(-c1ccc(Oc3ccccc3)cc1)cn2[C@H]1CCCN1. The van der Waals surface area contributed by atoms with Crippen molar-refractivity contribution in [2.75, 3.05) is 18.9 Å². The molecule has 29 heavy (non-hydrogen) atoms. The third-order valence-corrected chi connectivity index (χ3v) is 5.36. The second kappa shape index (κ2) is 7.56. The van der Waals surface area contributed by atoms with Gasteiger partial charge in [0, 0.05) is 18.8 Å². The monoisotopic (exact) mass is 385 g/mol. The maximum atomic E-state index is 5.94. The fraction of sp³-hybridized carbons (Fsp3) is 0.217. The Bertz CT molecular complexity index is 1120. The Hall–Kier alpha value is -3.38. The van der Waals surface area contributed by atoms with Gasteiger partial charge in [-0.3, -0.25) is 5.32 Å². The first kappa shape index (κ1) is 17.7. The molecule has 1 fully saturated rings. The van der Waals surface area contributed by atoms with E-state index in [1.165, 1.54) is 6.42 Å². The lowest BCUT2D eigenvalue weighted by Crippen LogP contribution is -2.19. The number of nitrogens with one attached hydrogen (secondary N) is 2. The summed E-state index contributed by atoms with van der Waals surface area (Å²) in [6.45, 7) is 1.04. The van der Waals surface area contributed by atoms with E-state index in [0.717, 1.165) is 52.4 Å². The summed E-state index contributed by atoms with van der Waals surface area (Å²) in [6.07, 6.45) is 6.36. The molecule has 5 rings (SSSR count). The van der Waals surface area contributed by atoms with Gasteiger partial charge in [0.15, 0.2) is 0 Å². The molecule has 4 aromatic rings. The van der Waals surface area contributed by atoms with Gasteiger partial charge in [0.1, 0.15) is 29.3 Å².